The second-order valence-electron chi connectivity index (χ2n) is 4.90. The van der Waals surface area contributed by atoms with E-state index in [1.54, 1.807) is 0 Å². The van der Waals surface area contributed by atoms with Crippen molar-refractivity contribution in [3.8, 4) is 0 Å². The Morgan fingerprint density at radius 1 is 1.27 bits per heavy atom. The van der Waals surface area contributed by atoms with Crippen LogP contribution in [0.5, 0.6) is 0 Å². The van der Waals surface area contributed by atoms with Gasteiger partial charge in [0.25, 0.3) is 0 Å². The first kappa shape index (κ1) is 10.9. The second-order valence-corrected chi connectivity index (χ2v) is 4.90. The van der Waals surface area contributed by atoms with Gasteiger partial charge in [0, 0.05) is 25.4 Å². The highest BCUT2D eigenvalue weighted by Crippen LogP contribution is 2.23. The highest BCUT2D eigenvalue weighted by Gasteiger charge is 2.27. The lowest BCUT2D eigenvalue weighted by Crippen LogP contribution is -2.41. The Morgan fingerprint density at radius 2 is 1.93 bits per heavy atom. The summed E-state index contributed by atoms with van der Waals surface area (Å²) in [6.07, 6.45) is 7.00. The molecule has 1 amide bonds. The maximum atomic E-state index is 11.9. The van der Waals surface area contributed by atoms with Gasteiger partial charge < -0.3 is 9.64 Å². The molecule has 1 saturated heterocycles. The van der Waals surface area contributed by atoms with Crippen molar-refractivity contribution < 1.29 is 9.53 Å². The van der Waals surface area contributed by atoms with E-state index in [1.807, 2.05) is 11.9 Å². The third kappa shape index (κ3) is 2.71. The molecule has 2 fully saturated rings. The van der Waals surface area contributed by atoms with Crippen LogP contribution in [0.4, 0.5) is 0 Å². The van der Waals surface area contributed by atoms with Gasteiger partial charge in [-0.25, -0.2) is 0 Å². The second kappa shape index (κ2) is 4.97. The van der Waals surface area contributed by atoms with E-state index in [0.29, 0.717) is 24.3 Å². The molecule has 2 aliphatic rings. The first-order chi connectivity index (χ1) is 7.27. The number of hydrogen-bond acceptors (Lipinski definition) is 2. The van der Waals surface area contributed by atoms with E-state index in [4.69, 9.17) is 4.74 Å². The first-order valence-electron chi connectivity index (χ1n) is 6.11. The first-order valence-corrected chi connectivity index (χ1v) is 6.11. The molecule has 2 rings (SSSR count). The minimum Gasteiger partial charge on any atom is -0.381 e. The predicted octanol–water partition coefficient (Wildman–Crippen LogP) is 1.81. The van der Waals surface area contributed by atoms with Crippen LogP contribution in [0.1, 0.15) is 38.5 Å². The SMILES string of the molecule is CN(C(=O)CC1COC1)C1CCCCC1. The van der Waals surface area contributed by atoms with Crippen LogP contribution in [0.3, 0.4) is 0 Å². The van der Waals surface area contributed by atoms with Crippen LogP contribution >= 0.6 is 0 Å². The molecule has 1 saturated carbocycles. The van der Waals surface area contributed by atoms with E-state index in [9.17, 15) is 4.79 Å². The highest BCUT2D eigenvalue weighted by atomic mass is 16.5. The molecule has 86 valence electrons. The normalized spacial score (nSPS) is 23.5. The number of hydrogen-bond donors (Lipinski definition) is 0. The van der Waals surface area contributed by atoms with Gasteiger partial charge in [0.1, 0.15) is 0 Å². The summed E-state index contributed by atoms with van der Waals surface area (Å²) in [5.41, 5.74) is 0. The van der Waals surface area contributed by atoms with Crippen molar-refractivity contribution in [1.82, 2.24) is 4.90 Å². The molecule has 0 bridgehead atoms. The summed E-state index contributed by atoms with van der Waals surface area (Å²) in [7, 11) is 1.97. The molecule has 1 aliphatic carbocycles. The van der Waals surface area contributed by atoms with Crippen LogP contribution in [-0.2, 0) is 9.53 Å². The molecule has 3 nitrogen and oxygen atoms in total. The Hall–Kier alpha value is -0.570. The van der Waals surface area contributed by atoms with Gasteiger partial charge in [0.2, 0.25) is 5.91 Å². The topological polar surface area (TPSA) is 29.5 Å². The van der Waals surface area contributed by atoms with E-state index < -0.39 is 0 Å². The fourth-order valence-corrected chi connectivity index (χ4v) is 2.47. The number of carbonyl (C=O) groups is 1. The lowest BCUT2D eigenvalue weighted by atomic mass is 9.93. The van der Waals surface area contributed by atoms with Crippen LogP contribution < -0.4 is 0 Å². The number of rotatable bonds is 3. The molecule has 0 radical (unpaired) electrons. The number of ether oxygens (including phenoxy) is 1. The monoisotopic (exact) mass is 211 g/mol. The molecule has 0 atom stereocenters. The van der Waals surface area contributed by atoms with E-state index in [-0.39, 0.29) is 0 Å². The zero-order valence-electron chi connectivity index (χ0n) is 9.58. The lowest BCUT2D eigenvalue weighted by Gasteiger charge is -2.33. The highest BCUT2D eigenvalue weighted by molar-refractivity contribution is 5.76. The van der Waals surface area contributed by atoms with Crippen molar-refractivity contribution in [1.29, 1.82) is 0 Å². The molecular formula is C12H21NO2. The predicted molar refractivity (Wildman–Crippen MR) is 58.6 cm³/mol. The maximum absolute atomic E-state index is 11.9. The average molecular weight is 211 g/mol. The van der Waals surface area contributed by atoms with Crippen molar-refractivity contribution in [3.63, 3.8) is 0 Å². The molecule has 0 aromatic carbocycles. The Kier molecular flexibility index (Phi) is 3.62. The van der Waals surface area contributed by atoms with Gasteiger partial charge in [-0.2, -0.15) is 0 Å². The number of amides is 1. The van der Waals surface area contributed by atoms with Gasteiger partial charge in [-0.3, -0.25) is 4.79 Å². The van der Waals surface area contributed by atoms with Gasteiger partial charge in [0.15, 0.2) is 0 Å². The van der Waals surface area contributed by atoms with Crippen molar-refractivity contribution >= 4 is 5.91 Å². The fourth-order valence-electron chi connectivity index (χ4n) is 2.47. The Balaban J connectivity index is 1.77. The third-order valence-corrected chi connectivity index (χ3v) is 3.69. The molecule has 0 N–H and O–H groups in total. The maximum Gasteiger partial charge on any atom is 0.223 e. The van der Waals surface area contributed by atoms with Crippen LogP contribution in [0.15, 0.2) is 0 Å². The minimum absolute atomic E-state index is 0.315. The van der Waals surface area contributed by atoms with Gasteiger partial charge in [-0.1, -0.05) is 19.3 Å². The summed E-state index contributed by atoms with van der Waals surface area (Å²) in [6.45, 7) is 1.56. The molecule has 0 unspecified atom stereocenters. The summed E-state index contributed by atoms with van der Waals surface area (Å²) < 4.78 is 5.09. The van der Waals surface area contributed by atoms with E-state index in [2.05, 4.69) is 0 Å². The summed E-state index contributed by atoms with van der Waals surface area (Å²) in [4.78, 5) is 13.9. The van der Waals surface area contributed by atoms with E-state index in [1.165, 1.54) is 32.1 Å². The van der Waals surface area contributed by atoms with E-state index in [0.717, 1.165) is 13.2 Å². The zero-order chi connectivity index (χ0) is 10.7. The Labute approximate surface area is 91.8 Å². The fraction of sp³-hybridized carbons (Fsp3) is 0.917. The van der Waals surface area contributed by atoms with Gasteiger partial charge in [-0.15, -0.1) is 0 Å². The van der Waals surface area contributed by atoms with Crippen LogP contribution in [0, 0.1) is 5.92 Å². The Bertz CT molecular complexity index is 220. The zero-order valence-corrected chi connectivity index (χ0v) is 9.58. The van der Waals surface area contributed by atoms with Gasteiger partial charge >= 0.3 is 0 Å². The molecule has 0 aromatic heterocycles. The van der Waals surface area contributed by atoms with E-state index >= 15 is 0 Å². The van der Waals surface area contributed by atoms with Crippen molar-refractivity contribution in [3.05, 3.63) is 0 Å². The van der Waals surface area contributed by atoms with Crippen molar-refractivity contribution in [2.24, 2.45) is 5.92 Å². The molecule has 1 aliphatic heterocycles. The molecule has 15 heavy (non-hydrogen) atoms. The number of nitrogens with zero attached hydrogens (tertiary/aromatic N) is 1. The smallest absolute Gasteiger partial charge is 0.223 e. The molecular weight excluding hydrogens is 190 g/mol. The molecule has 3 heteroatoms. The quantitative estimate of drug-likeness (QED) is 0.712. The van der Waals surface area contributed by atoms with Gasteiger partial charge in [-0.05, 0) is 12.8 Å². The summed E-state index contributed by atoms with van der Waals surface area (Å²) in [5, 5.41) is 0. The van der Waals surface area contributed by atoms with Crippen LogP contribution in [0.25, 0.3) is 0 Å². The molecule has 0 aromatic rings. The minimum atomic E-state index is 0.315. The average Bonchev–Trinajstić information content (AvgIpc) is 2.23. The largest absolute Gasteiger partial charge is 0.381 e. The van der Waals surface area contributed by atoms with Crippen molar-refractivity contribution in [2.75, 3.05) is 20.3 Å². The summed E-state index contributed by atoms with van der Waals surface area (Å²) in [5.74, 6) is 0.804. The van der Waals surface area contributed by atoms with Crippen LogP contribution in [0.2, 0.25) is 0 Å². The third-order valence-electron chi connectivity index (χ3n) is 3.69. The number of carbonyl (C=O) groups excluding carboxylic acids is 1. The summed E-state index contributed by atoms with van der Waals surface area (Å²) >= 11 is 0. The standard InChI is InChI=1S/C12H21NO2/c1-13(11-5-3-2-4-6-11)12(14)7-10-8-15-9-10/h10-11H,2-9H2,1H3. The van der Waals surface area contributed by atoms with Crippen LogP contribution in [-0.4, -0.2) is 37.1 Å². The molecule has 0 spiro atoms. The summed E-state index contributed by atoms with van der Waals surface area (Å²) in [6, 6.07) is 0.507. The molecule has 1 heterocycles. The lowest BCUT2D eigenvalue weighted by molar-refractivity contribution is -0.138. The van der Waals surface area contributed by atoms with Crippen molar-refractivity contribution in [2.45, 2.75) is 44.6 Å². The van der Waals surface area contributed by atoms with Gasteiger partial charge in [0.05, 0.1) is 13.2 Å². The Morgan fingerprint density at radius 3 is 2.47 bits per heavy atom.